The number of hydrogen-bond donors (Lipinski definition) is 1. The molecule has 0 aliphatic carbocycles. The minimum Gasteiger partial charge on any atom is -0.486 e. The second-order valence-electron chi connectivity index (χ2n) is 4.80. The van der Waals surface area contributed by atoms with E-state index in [2.05, 4.69) is 22.0 Å². The summed E-state index contributed by atoms with van der Waals surface area (Å²) in [6.45, 7) is 3.22. The van der Waals surface area contributed by atoms with Crippen LogP contribution in [0.3, 0.4) is 0 Å². The van der Waals surface area contributed by atoms with Gasteiger partial charge in [0, 0.05) is 24.5 Å². The molecule has 2 aromatic heterocycles. The van der Waals surface area contributed by atoms with E-state index in [1.54, 1.807) is 6.20 Å². The lowest BCUT2D eigenvalue weighted by Gasteiger charge is -2.17. The van der Waals surface area contributed by atoms with Gasteiger partial charge in [0.25, 0.3) is 0 Å². The van der Waals surface area contributed by atoms with Gasteiger partial charge in [-0.3, -0.25) is 4.68 Å². The first-order valence-electron chi connectivity index (χ1n) is 6.59. The number of aromatic nitrogens is 4. The van der Waals surface area contributed by atoms with Crippen molar-refractivity contribution in [1.82, 2.24) is 19.7 Å². The topological polar surface area (TPSA) is 65.0 Å². The highest BCUT2D eigenvalue weighted by Crippen LogP contribution is 2.34. The highest BCUT2D eigenvalue weighted by atomic mass is 16.6. The zero-order chi connectivity index (χ0) is 13.5. The van der Waals surface area contributed by atoms with E-state index in [9.17, 15) is 0 Å². The van der Waals surface area contributed by atoms with Gasteiger partial charge in [-0.05, 0) is 13.0 Å². The van der Waals surface area contributed by atoms with Crippen LogP contribution in [0.1, 0.15) is 18.8 Å². The number of nitrogens with zero attached hydrogens (tertiary/aromatic N) is 3. The Kier molecular flexibility index (Phi) is 2.42. The molecule has 1 atom stereocenters. The van der Waals surface area contributed by atoms with Gasteiger partial charge in [-0.25, -0.2) is 4.98 Å². The van der Waals surface area contributed by atoms with Crippen molar-refractivity contribution in [2.24, 2.45) is 0 Å². The van der Waals surface area contributed by atoms with Crippen LogP contribution in [-0.2, 0) is 0 Å². The molecule has 6 nitrogen and oxygen atoms in total. The van der Waals surface area contributed by atoms with Gasteiger partial charge < -0.3 is 14.5 Å². The third kappa shape index (κ3) is 1.72. The van der Waals surface area contributed by atoms with E-state index in [0.717, 1.165) is 28.4 Å². The normalized spacial score (nSPS) is 15.4. The van der Waals surface area contributed by atoms with E-state index < -0.39 is 0 Å². The summed E-state index contributed by atoms with van der Waals surface area (Å²) in [7, 11) is 0. The third-order valence-corrected chi connectivity index (χ3v) is 3.48. The number of aromatic amines is 1. The molecule has 1 unspecified atom stereocenters. The Labute approximate surface area is 115 Å². The van der Waals surface area contributed by atoms with Gasteiger partial charge in [-0.15, -0.1) is 0 Å². The van der Waals surface area contributed by atoms with Crippen LogP contribution in [-0.4, -0.2) is 33.0 Å². The maximum Gasteiger partial charge on any atom is 0.163 e. The summed E-state index contributed by atoms with van der Waals surface area (Å²) in [5.41, 5.74) is 1.83. The number of imidazole rings is 1. The summed E-state index contributed by atoms with van der Waals surface area (Å²) in [5, 5.41) is 4.25. The highest BCUT2D eigenvalue weighted by Gasteiger charge is 2.17. The fourth-order valence-corrected chi connectivity index (χ4v) is 2.40. The zero-order valence-corrected chi connectivity index (χ0v) is 11.0. The first kappa shape index (κ1) is 11.3. The average molecular weight is 270 g/mol. The number of nitrogens with one attached hydrogen (secondary N) is 1. The number of H-pyrrole nitrogens is 1. The second-order valence-corrected chi connectivity index (χ2v) is 4.80. The van der Waals surface area contributed by atoms with Gasteiger partial charge in [-0.1, -0.05) is 0 Å². The van der Waals surface area contributed by atoms with Crippen molar-refractivity contribution in [3.05, 3.63) is 36.4 Å². The number of fused-ring (bicyclic) bond motifs is 2. The third-order valence-electron chi connectivity index (χ3n) is 3.48. The minimum absolute atomic E-state index is 0.0521. The molecule has 102 valence electrons. The molecule has 0 saturated heterocycles. The smallest absolute Gasteiger partial charge is 0.163 e. The second kappa shape index (κ2) is 4.26. The van der Waals surface area contributed by atoms with Crippen molar-refractivity contribution in [2.45, 2.75) is 13.0 Å². The SMILES string of the molecule is CC(c1nc2cc3c(cc2[nH]1)OCCO3)n1cccn1. The summed E-state index contributed by atoms with van der Waals surface area (Å²) in [4.78, 5) is 7.95. The summed E-state index contributed by atoms with van der Waals surface area (Å²) < 4.78 is 13.0. The summed E-state index contributed by atoms with van der Waals surface area (Å²) >= 11 is 0. The zero-order valence-electron chi connectivity index (χ0n) is 11.0. The molecule has 0 amide bonds. The molecule has 0 spiro atoms. The van der Waals surface area contributed by atoms with E-state index in [1.807, 2.05) is 29.1 Å². The van der Waals surface area contributed by atoms with Gasteiger partial charge >= 0.3 is 0 Å². The van der Waals surface area contributed by atoms with Crippen molar-refractivity contribution in [1.29, 1.82) is 0 Å². The Balaban J connectivity index is 1.78. The molecule has 20 heavy (non-hydrogen) atoms. The number of ether oxygens (including phenoxy) is 2. The minimum atomic E-state index is 0.0521. The predicted octanol–water partition coefficient (Wildman–Crippen LogP) is 2.14. The van der Waals surface area contributed by atoms with Crippen molar-refractivity contribution >= 4 is 11.0 Å². The number of benzene rings is 1. The average Bonchev–Trinajstić information content (AvgIpc) is 3.13. The van der Waals surface area contributed by atoms with Crippen molar-refractivity contribution in [3.63, 3.8) is 0 Å². The molecule has 1 aliphatic rings. The van der Waals surface area contributed by atoms with Crippen LogP contribution in [0.25, 0.3) is 11.0 Å². The van der Waals surface area contributed by atoms with Gasteiger partial charge in [-0.2, -0.15) is 5.10 Å². The molecule has 1 N–H and O–H groups in total. The lowest BCUT2D eigenvalue weighted by molar-refractivity contribution is 0.172. The van der Waals surface area contributed by atoms with Crippen molar-refractivity contribution < 1.29 is 9.47 Å². The first-order chi connectivity index (χ1) is 9.81. The lowest BCUT2D eigenvalue weighted by atomic mass is 10.2. The molecule has 3 heterocycles. The van der Waals surface area contributed by atoms with Crippen LogP contribution in [0, 0.1) is 0 Å². The highest BCUT2D eigenvalue weighted by molar-refractivity contribution is 5.80. The Morgan fingerprint density at radius 2 is 2.05 bits per heavy atom. The molecule has 0 fully saturated rings. The molecule has 0 radical (unpaired) electrons. The molecule has 4 rings (SSSR count). The summed E-state index contributed by atoms with van der Waals surface area (Å²) in [5.74, 6) is 2.39. The maximum absolute atomic E-state index is 5.58. The maximum atomic E-state index is 5.58. The molecule has 0 saturated carbocycles. The Morgan fingerprint density at radius 1 is 1.25 bits per heavy atom. The largest absolute Gasteiger partial charge is 0.486 e. The number of hydrogen-bond acceptors (Lipinski definition) is 4. The Hall–Kier alpha value is -2.50. The Bertz CT molecular complexity index is 705. The van der Waals surface area contributed by atoms with Gasteiger partial charge in [0.1, 0.15) is 25.1 Å². The fraction of sp³-hybridized carbons (Fsp3) is 0.286. The van der Waals surface area contributed by atoms with E-state index in [0.29, 0.717) is 13.2 Å². The van der Waals surface area contributed by atoms with Gasteiger partial charge in [0.15, 0.2) is 11.5 Å². The van der Waals surface area contributed by atoms with Crippen LogP contribution in [0.15, 0.2) is 30.6 Å². The molecular formula is C14H14N4O2. The van der Waals surface area contributed by atoms with Gasteiger partial charge in [0.05, 0.1) is 11.0 Å². The summed E-state index contributed by atoms with van der Waals surface area (Å²) in [6.07, 6.45) is 3.69. The van der Waals surface area contributed by atoms with E-state index in [4.69, 9.17) is 9.47 Å². The molecule has 6 heteroatoms. The van der Waals surface area contributed by atoms with Crippen LogP contribution in [0.2, 0.25) is 0 Å². The standard InChI is InChI=1S/C14H14N4O2/c1-9(18-4-2-3-15-18)14-16-10-7-12-13(8-11(10)17-14)20-6-5-19-12/h2-4,7-9H,5-6H2,1H3,(H,16,17). The van der Waals surface area contributed by atoms with Crippen LogP contribution in [0.5, 0.6) is 11.5 Å². The Morgan fingerprint density at radius 3 is 2.80 bits per heavy atom. The molecular weight excluding hydrogens is 256 g/mol. The first-order valence-corrected chi connectivity index (χ1v) is 6.59. The van der Waals surface area contributed by atoms with E-state index in [-0.39, 0.29) is 6.04 Å². The molecule has 1 aliphatic heterocycles. The molecule has 0 bridgehead atoms. The van der Waals surface area contributed by atoms with Gasteiger partial charge in [0.2, 0.25) is 0 Å². The quantitative estimate of drug-likeness (QED) is 0.774. The van der Waals surface area contributed by atoms with Crippen LogP contribution >= 0.6 is 0 Å². The predicted molar refractivity (Wildman–Crippen MR) is 73.1 cm³/mol. The van der Waals surface area contributed by atoms with Crippen LogP contribution in [0.4, 0.5) is 0 Å². The molecule has 1 aromatic carbocycles. The summed E-state index contributed by atoms with van der Waals surface area (Å²) in [6, 6.07) is 5.81. The van der Waals surface area contributed by atoms with E-state index >= 15 is 0 Å². The monoisotopic (exact) mass is 270 g/mol. The molecule has 3 aromatic rings. The van der Waals surface area contributed by atoms with Crippen molar-refractivity contribution in [2.75, 3.05) is 13.2 Å². The fourth-order valence-electron chi connectivity index (χ4n) is 2.40. The van der Waals surface area contributed by atoms with E-state index in [1.165, 1.54) is 0 Å². The van der Waals surface area contributed by atoms with Crippen LogP contribution < -0.4 is 9.47 Å². The number of rotatable bonds is 2. The lowest BCUT2D eigenvalue weighted by Crippen LogP contribution is -2.15. The van der Waals surface area contributed by atoms with Crippen molar-refractivity contribution in [3.8, 4) is 11.5 Å².